The zero-order valence-electron chi connectivity index (χ0n) is 18.4. The van der Waals surface area contributed by atoms with E-state index >= 15 is 0 Å². The topological polar surface area (TPSA) is 128 Å². The predicted molar refractivity (Wildman–Crippen MR) is 109 cm³/mol. The van der Waals surface area contributed by atoms with Crippen LogP contribution in [0.15, 0.2) is 0 Å². The first-order valence-electron chi connectivity index (χ1n) is 10.7. The maximum absolute atomic E-state index is 10.3. The van der Waals surface area contributed by atoms with Crippen molar-refractivity contribution in [2.75, 3.05) is 13.2 Å². The van der Waals surface area contributed by atoms with E-state index in [9.17, 15) is 4.79 Å². The number of rotatable bonds is 18. The zero-order valence-corrected chi connectivity index (χ0v) is 21.6. The van der Waals surface area contributed by atoms with Gasteiger partial charge in [-0.3, -0.25) is 4.79 Å². The Morgan fingerprint density at radius 3 is 1.18 bits per heavy atom. The number of carbonyl (C=O) groups is 1. The van der Waals surface area contributed by atoms with Crippen LogP contribution in [0.1, 0.15) is 110 Å². The van der Waals surface area contributed by atoms with Crippen LogP contribution >= 0.6 is 0 Å². The average molecular weight is 433 g/mol. The number of aliphatic hydroxyl groups is 3. The molecule has 0 saturated carbocycles. The van der Waals surface area contributed by atoms with Crippen LogP contribution in [0.4, 0.5) is 0 Å². The Kier molecular flexibility index (Phi) is 42.3. The van der Waals surface area contributed by atoms with Crippen molar-refractivity contribution in [1.82, 2.24) is 0 Å². The molecule has 7 heteroatoms. The fourth-order valence-electron chi connectivity index (χ4n) is 2.71. The molecule has 0 aliphatic heterocycles. The first-order chi connectivity index (χ1) is 12.6. The molecule has 0 spiro atoms. The van der Waals surface area contributed by atoms with Gasteiger partial charge in [-0.15, -0.1) is 0 Å². The second-order valence-electron chi connectivity index (χ2n) is 7.11. The molecule has 0 aliphatic carbocycles. The second-order valence-corrected chi connectivity index (χ2v) is 7.11. The third kappa shape index (κ3) is 37.7. The van der Waals surface area contributed by atoms with E-state index in [1.807, 2.05) is 0 Å². The maximum Gasteiger partial charge on any atom is 1.00 e. The van der Waals surface area contributed by atoms with Crippen LogP contribution in [0.5, 0.6) is 0 Å². The number of carboxylic acids is 1. The van der Waals surface area contributed by atoms with Crippen molar-refractivity contribution in [2.24, 2.45) is 0 Å². The van der Waals surface area contributed by atoms with Crippen LogP contribution in [0.2, 0.25) is 0 Å². The van der Waals surface area contributed by atoms with Gasteiger partial charge in [0.15, 0.2) is 0 Å². The Balaban J connectivity index is -0.000000312. The van der Waals surface area contributed by atoms with Crippen LogP contribution in [0, 0.1) is 0 Å². The molecule has 0 unspecified atom stereocenters. The Hall–Kier alpha value is 0.946. The fourth-order valence-corrected chi connectivity index (χ4v) is 2.71. The zero-order chi connectivity index (χ0) is 19.9. The number of hydrogen-bond donors (Lipinski definition) is 4. The number of aliphatic carboxylic acids is 1. The number of aliphatic hydroxyl groups excluding tert-OH is 3. The van der Waals surface area contributed by atoms with Gasteiger partial charge in [0.25, 0.3) is 0 Å². The van der Waals surface area contributed by atoms with Crippen LogP contribution in [0.25, 0.3) is 0 Å². The number of hydrogen-bond acceptors (Lipinski definition) is 5. The summed E-state index contributed by atoms with van der Waals surface area (Å²) in [5.74, 6) is -0.653. The molecule has 0 atom stereocenters. The Bertz CT molecular complexity index is 276. The van der Waals surface area contributed by atoms with Crippen molar-refractivity contribution in [2.45, 2.75) is 116 Å². The van der Waals surface area contributed by atoms with Gasteiger partial charge in [-0.2, -0.15) is 0 Å². The van der Waals surface area contributed by atoms with E-state index in [1.54, 1.807) is 0 Å². The molecule has 0 amide bonds. The molecule has 0 fully saturated rings. The molecule has 0 radical (unpaired) electrons. The van der Waals surface area contributed by atoms with E-state index in [0.717, 1.165) is 12.8 Å². The Morgan fingerprint density at radius 1 is 0.679 bits per heavy atom. The van der Waals surface area contributed by atoms with E-state index in [0.29, 0.717) is 6.42 Å². The minimum Gasteiger partial charge on any atom is -0.870 e. The molecule has 0 aromatic rings. The summed E-state index contributed by atoms with van der Waals surface area (Å²) in [6.45, 7) is 1.54. The van der Waals surface area contributed by atoms with Crippen LogP contribution < -0.4 is 51.4 Å². The van der Waals surface area contributed by atoms with Crippen molar-refractivity contribution < 1.29 is 82.1 Å². The molecule has 0 saturated heterocycles. The predicted octanol–water partition coefficient (Wildman–Crippen LogP) is 1.49. The molecular weight excluding hydrogens is 387 g/mol. The van der Waals surface area contributed by atoms with Gasteiger partial charge in [0.2, 0.25) is 0 Å². The molecule has 0 aliphatic rings. The Labute approximate surface area is 215 Å². The van der Waals surface area contributed by atoms with Crippen molar-refractivity contribution in [3.05, 3.63) is 0 Å². The van der Waals surface area contributed by atoms with Crippen LogP contribution in [-0.4, -0.2) is 51.2 Å². The van der Waals surface area contributed by atoms with Gasteiger partial charge in [0.05, 0.1) is 13.2 Å². The van der Waals surface area contributed by atoms with Crippen molar-refractivity contribution >= 4 is 5.97 Å². The van der Waals surface area contributed by atoms with Crippen molar-refractivity contribution in [3.8, 4) is 0 Å². The summed E-state index contributed by atoms with van der Waals surface area (Å²) in [5, 5.41) is 32.5. The van der Waals surface area contributed by atoms with Gasteiger partial charge >= 0.3 is 57.4 Å². The molecule has 0 bridgehead atoms. The number of carboxylic acid groups (broad SMARTS) is 1. The van der Waals surface area contributed by atoms with Gasteiger partial charge < -0.3 is 25.9 Å². The van der Waals surface area contributed by atoms with Gasteiger partial charge in [0.1, 0.15) is 6.10 Å². The largest absolute Gasteiger partial charge is 1.00 e. The normalized spacial score (nSPS) is 9.89. The summed E-state index contributed by atoms with van der Waals surface area (Å²) >= 11 is 0. The summed E-state index contributed by atoms with van der Waals surface area (Å²) in [7, 11) is 0. The first kappa shape index (κ1) is 36.3. The molecule has 166 valence electrons. The van der Waals surface area contributed by atoms with Gasteiger partial charge in [-0.25, -0.2) is 0 Å². The third-order valence-electron chi connectivity index (χ3n) is 4.42. The van der Waals surface area contributed by atoms with Crippen molar-refractivity contribution in [1.29, 1.82) is 0 Å². The molecule has 5 N–H and O–H groups in total. The minimum absolute atomic E-state index is 0. The minimum atomic E-state index is -0.954. The molecule has 0 aromatic heterocycles. The Morgan fingerprint density at radius 2 is 0.964 bits per heavy atom. The fraction of sp³-hybridized carbons (Fsp3) is 0.952. The van der Waals surface area contributed by atoms with Crippen LogP contribution in [0.3, 0.4) is 0 Å². The average Bonchev–Trinajstić information content (AvgIpc) is 2.64. The SMILES string of the molecule is CCCCCCCCCCCCCCCCCC(=O)O.OCC(O)CO.[K+].[OH-]. The molecule has 0 aromatic carbocycles. The summed E-state index contributed by atoms with van der Waals surface area (Å²) < 4.78 is 0. The number of unbranched alkanes of at least 4 members (excludes halogenated alkanes) is 14. The smallest absolute Gasteiger partial charge is 0.870 e. The summed E-state index contributed by atoms with van der Waals surface area (Å²) in [6.07, 6.45) is 19.2. The summed E-state index contributed by atoms with van der Waals surface area (Å²) in [6, 6.07) is 0. The van der Waals surface area contributed by atoms with Gasteiger partial charge in [-0.05, 0) is 6.42 Å². The second kappa shape index (κ2) is 32.6. The van der Waals surface area contributed by atoms with Crippen molar-refractivity contribution in [3.63, 3.8) is 0 Å². The molecule has 6 nitrogen and oxygen atoms in total. The van der Waals surface area contributed by atoms with E-state index in [2.05, 4.69) is 6.92 Å². The third-order valence-corrected chi connectivity index (χ3v) is 4.42. The maximum atomic E-state index is 10.3. The van der Waals surface area contributed by atoms with E-state index in [4.69, 9.17) is 20.4 Å². The molecule has 28 heavy (non-hydrogen) atoms. The summed E-state index contributed by atoms with van der Waals surface area (Å²) in [5.41, 5.74) is 0. The van der Waals surface area contributed by atoms with Gasteiger partial charge in [-0.1, -0.05) is 96.8 Å². The van der Waals surface area contributed by atoms with E-state index in [-0.39, 0.29) is 70.1 Å². The summed E-state index contributed by atoms with van der Waals surface area (Å²) in [4.78, 5) is 10.3. The van der Waals surface area contributed by atoms with E-state index in [1.165, 1.54) is 83.5 Å². The quantitative estimate of drug-likeness (QED) is 0.192. The molecule has 0 rings (SSSR count). The van der Waals surface area contributed by atoms with Gasteiger partial charge in [0, 0.05) is 6.42 Å². The molecule has 0 heterocycles. The monoisotopic (exact) mass is 432 g/mol. The standard InChI is InChI=1S/C18H36O2.C3H8O3.K.H2O/c1-2-3-4-5-6-7-8-9-10-11-12-13-14-15-16-17-18(19)20;4-1-3(6)2-5;;/h2-17H2,1H3,(H,19,20);3-6H,1-2H2;;1H2/q;;+1;/p-1. The van der Waals surface area contributed by atoms with Crippen LogP contribution in [-0.2, 0) is 4.79 Å². The first-order valence-corrected chi connectivity index (χ1v) is 10.7. The van der Waals surface area contributed by atoms with E-state index < -0.39 is 12.1 Å². The molecular formula is C21H45KO6.